The molecule has 3 rings (SSSR count). The number of piperidine rings is 1. The molecular formula is C23H30N2O3S. The molecule has 0 aliphatic carbocycles. The molecule has 1 atom stereocenters. The molecule has 1 fully saturated rings. The van der Waals surface area contributed by atoms with Crippen molar-refractivity contribution in [2.45, 2.75) is 56.4 Å². The molecule has 0 radical (unpaired) electrons. The first-order valence-corrected chi connectivity index (χ1v) is 11.8. The van der Waals surface area contributed by atoms with E-state index in [0.29, 0.717) is 18.0 Å². The van der Waals surface area contributed by atoms with Gasteiger partial charge in [-0.2, -0.15) is 4.31 Å². The van der Waals surface area contributed by atoms with Crippen molar-refractivity contribution in [2.75, 3.05) is 13.1 Å². The van der Waals surface area contributed by atoms with Gasteiger partial charge in [-0.25, -0.2) is 8.42 Å². The summed E-state index contributed by atoms with van der Waals surface area (Å²) in [6.45, 7) is 3.01. The highest BCUT2D eigenvalue weighted by Crippen LogP contribution is 2.27. The number of carbonyl (C=O) groups excluding carboxylic acids is 1. The monoisotopic (exact) mass is 414 g/mol. The van der Waals surface area contributed by atoms with Crippen LogP contribution in [0.4, 0.5) is 0 Å². The van der Waals surface area contributed by atoms with Crippen LogP contribution in [0.15, 0.2) is 59.5 Å². The Bertz CT molecular complexity index is 895. The van der Waals surface area contributed by atoms with E-state index >= 15 is 0 Å². The maximum atomic E-state index is 13.1. The quantitative estimate of drug-likeness (QED) is 0.670. The maximum absolute atomic E-state index is 13.1. The minimum absolute atomic E-state index is 0.0749. The second-order valence-electron chi connectivity index (χ2n) is 7.72. The number of aryl methyl sites for hydroxylation is 2. The number of benzene rings is 2. The largest absolute Gasteiger partial charge is 0.356 e. The fourth-order valence-corrected chi connectivity index (χ4v) is 5.48. The van der Waals surface area contributed by atoms with Crippen LogP contribution < -0.4 is 5.32 Å². The zero-order valence-electron chi connectivity index (χ0n) is 17.0. The highest BCUT2D eigenvalue weighted by Gasteiger charge is 2.34. The molecule has 1 amide bonds. The number of nitrogens with one attached hydrogen (secondary N) is 1. The highest BCUT2D eigenvalue weighted by molar-refractivity contribution is 7.89. The number of carbonyl (C=O) groups is 1. The first kappa shape index (κ1) is 21.5. The number of nitrogens with zero attached hydrogens (tertiary/aromatic N) is 1. The maximum Gasteiger partial charge on any atom is 0.243 e. The SMILES string of the molecule is Cc1ccc(S(=O)(=O)N2CCCC[C@@H]2CC(=O)NCCCc2ccccc2)cc1. The zero-order valence-corrected chi connectivity index (χ0v) is 17.8. The lowest BCUT2D eigenvalue weighted by atomic mass is 10.0. The van der Waals surface area contributed by atoms with E-state index in [9.17, 15) is 13.2 Å². The lowest BCUT2D eigenvalue weighted by Gasteiger charge is -2.34. The van der Waals surface area contributed by atoms with Gasteiger partial charge in [0.1, 0.15) is 0 Å². The van der Waals surface area contributed by atoms with Gasteiger partial charge >= 0.3 is 0 Å². The van der Waals surface area contributed by atoms with Gasteiger partial charge in [-0.05, 0) is 50.3 Å². The smallest absolute Gasteiger partial charge is 0.243 e. The number of sulfonamides is 1. The Morgan fingerprint density at radius 2 is 1.79 bits per heavy atom. The Morgan fingerprint density at radius 3 is 2.52 bits per heavy atom. The summed E-state index contributed by atoms with van der Waals surface area (Å²) in [5.41, 5.74) is 2.28. The molecule has 1 aliphatic rings. The molecule has 1 aliphatic heterocycles. The molecule has 0 saturated carbocycles. The standard InChI is InChI=1S/C23H30N2O3S/c1-19-12-14-22(15-13-19)29(27,28)25-17-6-5-11-21(25)18-23(26)24-16-7-10-20-8-3-2-4-9-20/h2-4,8-9,12-15,21H,5-7,10-11,16-18H2,1H3,(H,24,26)/t21-/m1/s1. The Kier molecular flexibility index (Phi) is 7.45. The molecule has 0 bridgehead atoms. The summed E-state index contributed by atoms with van der Waals surface area (Å²) in [6.07, 6.45) is 4.51. The van der Waals surface area contributed by atoms with Crippen LogP contribution in [-0.4, -0.2) is 37.8 Å². The van der Waals surface area contributed by atoms with Crippen molar-refractivity contribution in [3.8, 4) is 0 Å². The van der Waals surface area contributed by atoms with Crippen molar-refractivity contribution in [1.82, 2.24) is 9.62 Å². The fraction of sp³-hybridized carbons (Fsp3) is 0.435. The summed E-state index contributed by atoms with van der Waals surface area (Å²) >= 11 is 0. The van der Waals surface area contributed by atoms with E-state index in [2.05, 4.69) is 17.4 Å². The van der Waals surface area contributed by atoms with Crippen LogP contribution in [0.2, 0.25) is 0 Å². The molecule has 2 aromatic rings. The first-order chi connectivity index (χ1) is 14.0. The number of rotatable bonds is 8. The van der Waals surface area contributed by atoms with Crippen LogP contribution in [-0.2, 0) is 21.2 Å². The van der Waals surface area contributed by atoms with E-state index in [1.54, 1.807) is 12.1 Å². The van der Waals surface area contributed by atoms with Crippen LogP contribution in [0, 0.1) is 6.92 Å². The Morgan fingerprint density at radius 1 is 1.07 bits per heavy atom. The van der Waals surface area contributed by atoms with Gasteiger partial charge in [0.15, 0.2) is 0 Å². The van der Waals surface area contributed by atoms with E-state index < -0.39 is 10.0 Å². The molecule has 0 aromatic heterocycles. The number of hydrogen-bond donors (Lipinski definition) is 1. The molecule has 29 heavy (non-hydrogen) atoms. The van der Waals surface area contributed by atoms with E-state index in [-0.39, 0.29) is 18.4 Å². The van der Waals surface area contributed by atoms with Gasteiger partial charge in [-0.15, -0.1) is 0 Å². The highest BCUT2D eigenvalue weighted by atomic mass is 32.2. The summed E-state index contributed by atoms with van der Waals surface area (Å²) in [4.78, 5) is 12.7. The lowest BCUT2D eigenvalue weighted by Crippen LogP contribution is -2.46. The lowest BCUT2D eigenvalue weighted by molar-refractivity contribution is -0.122. The van der Waals surface area contributed by atoms with Crippen LogP contribution in [0.5, 0.6) is 0 Å². The number of amides is 1. The summed E-state index contributed by atoms with van der Waals surface area (Å²) in [5.74, 6) is -0.0749. The van der Waals surface area contributed by atoms with E-state index in [0.717, 1.165) is 37.7 Å². The summed E-state index contributed by atoms with van der Waals surface area (Å²) in [6, 6.07) is 16.8. The minimum Gasteiger partial charge on any atom is -0.356 e. The van der Waals surface area contributed by atoms with Crippen molar-refractivity contribution >= 4 is 15.9 Å². The van der Waals surface area contributed by atoms with Gasteiger partial charge in [-0.1, -0.05) is 54.4 Å². The number of hydrogen-bond acceptors (Lipinski definition) is 3. The molecule has 6 heteroatoms. The van der Waals surface area contributed by atoms with Crippen molar-refractivity contribution in [2.24, 2.45) is 0 Å². The van der Waals surface area contributed by atoms with Gasteiger partial charge in [0.25, 0.3) is 0 Å². The Balaban J connectivity index is 1.55. The van der Waals surface area contributed by atoms with Gasteiger partial charge < -0.3 is 5.32 Å². The fourth-order valence-electron chi connectivity index (χ4n) is 3.79. The predicted octanol–water partition coefficient (Wildman–Crippen LogP) is 3.68. The summed E-state index contributed by atoms with van der Waals surface area (Å²) in [7, 11) is -3.58. The van der Waals surface area contributed by atoms with Gasteiger partial charge in [0, 0.05) is 25.6 Å². The average molecular weight is 415 g/mol. The molecule has 1 N–H and O–H groups in total. The van der Waals surface area contributed by atoms with Crippen LogP contribution in [0.1, 0.15) is 43.2 Å². The molecule has 2 aromatic carbocycles. The van der Waals surface area contributed by atoms with Crippen LogP contribution in [0.25, 0.3) is 0 Å². The van der Waals surface area contributed by atoms with Gasteiger partial charge in [-0.3, -0.25) is 4.79 Å². The minimum atomic E-state index is -3.58. The van der Waals surface area contributed by atoms with Crippen molar-refractivity contribution in [1.29, 1.82) is 0 Å². The molecule has 156 valence electrons. The van der Waals surface area contributed by atoms with E-state index in [1.807, 2.05) is 37.3 Å². The second kappa shape index (κ2) is 10.0. The molecular weight excluding hydrogens is 384 g/mol. The van der Waals surface area contributed by atoms with Crippen molar-refractivity contribution < 1.29 is 13.2 Å². The van der Waals surface area contributed by atoms with Gasteiger partial charge in [0.05, 0.1) is 4.90 Å². The topological polar surface area (TPSA) is 66.5 Å². The molecule has 0 unspecified atom stereocenters. The molecule has 1 saturated heterocycles. The third-order valence-corrected chi connectivity index (χ3v) is 7.39. The third kappa shape index (κ3) is 5.90. The Labute approximate surface area is 174 Å². The van der Waals surface area contributed by atoms with E-state index in [4.69, 9.17) is 0 Å². The zero-order chi connectivity index (χ0) is 20.7. The normalized spacial score (nSPS) is 17.8. The molecule has 1 heterocycles. The summed E-state index contributed by atoms with van der Waals surface area (Å²) in [5, 5.41) is 2.96. The van der Waals surface area contributed by atoms with Crippen LogP contribution >= 0.6 is 0 Å². The first-order valence-electron chi connectivity index (χ1n) is 10.4. The predicted molar refractivity (Wildman–Crippen MR) is 115 cm³/mol. The third-order valence-electron chi connectivity index (χ3n) is 5.43. The molecule has 0 spiro atoms. The van der Waals surface area contributed by atoms with Crippen LogP contribution in [0.3, 0.4) is 0 Å². The average Bonchev–Trinajstić information content (AvgIpc) is 2.73. The second-order valence-corrected chi connectivity index (χ2v) is 9.61. The summed E-state index contributed by atoms with van der Waals surface area (Å²) < 4.78 is 27.7. The molecule has 5 nitrogen and oxygen atoms in total. The van der Waals surface area contributed by atoms with Gasteiger partial charge in [0.2, 0.25) is 15.9 Å². The van der Waals surface area contributed by atoms with Crippen molar-refractivity contribution in [3.63, 3.8) is 0 Å². The van der Waals surface area contributed by atoms with E-state index in [1.165, 1.54) is 9.87 Å². The van der Waals surface area contributed by atoms with Crippen molar-refractivity contribution in [3.05, 3.63) is 65.7 Å². The Hall–Kier alpha value is -2.18.